The lowest BCUT2D eigenvalue weighted by Crippen LogP contribution is -2.13. The highest BCUT2D eigenvalue weighted by molar-refractivity contribution is 5.68. The van der Waals surface area contributed by atoms with Crippen LogP contribution in [0.2, 0.25) is 0 Å². The predicted molar refractivity (Wildman–Crippen MR) is 85.4 cm³/mol. The number of non-ortho nitro benzene ring substituents is 1. The maximum Gasteiger partial charge on any atom is 0.519 e. The molecule has 0 saturated heterocycles. The molecule has 0 atom stereocenters. The van der Waals surface area contributed by atoms with Crippen LogP contribution in [0.4, 0.5) is 10.5 Å². The topological polar surface area (TPSA) is 126 Å². The van der Waals surface area contributed by atoms with Crippen LogP contribution in [-0.2, 0) is 0 Å². The van der Waals surface area contributed by atoms with Gasteiger partial charge in [0.2, 0.25) is 0 Å². The summed E-state index contributed by atoms with van der Waals surface area (Å²) >= 11 is 0. The van der Waals surface area contributed by atoms with Crippen molar-refractivity contribution in [3.8, 4) is 23.6 Å². The first-order valence-corrected chi connectivity index (χ1v) is 6.78. The van der Waals surface area contributed by atoms with Crippen molar-refractivity contribution in [2.45, 2.75) is 0 Å². The standard InChI is InChI=1S/C17H9N3O5/c18-10-13(11-19)9-12-1-5-15(6-2-12)24-17(21)25-16-7-3-14(4-8-16)20(22)23/h1-9H. The van der Waals surface area contributed by atoms with Crippen LogP contribution in [0.15, 0.2) is 54.1 Å². The van der Waals surface area contributed by atoms with E-state index in [2.05, 4.69) is 0 Å². The number of nitro groups is 1. The largest absolute Gasteiger partial charge is 0.519 e. The maximum absolute atomic E-state index is 11.7. The van der Waals surface area contributed by atoms with Gasteiger partial charge in [0.25, 0.3) is 5.69 Å². The molecule has 25 heavy (non-hydrogen) atoms. The van der Waals surface area contributed by atoms with E-state index in [1.165, 1.54) is 42.5 Å². The summed E-state index contributed by atoms with van der Waals surface area (Å²) in [5.74, 6) is 0.294. The molecule has 2 aromatic rings. The number of hydrogen-bond donors (Lipinski definition) is 0. The third-order valence-corrected chi connectivity index (χ3v) is 2.88. The van der Waals surface area contributed by atoms with E-state index in [9.17, 15) is 14.9 Å². The van der Waals surface area contributed by atoms with Crippen molar-refractivity contribution in [2.24, 2.45) is 0 Å². The van der Waals surface area contributed by atoms with Crippen molar-refractivity contribution in [2.75, 3.05) is 0 Å². The Hall–Kier alpha value is -4.17. The minimum Gasteiger partial charge on any atom is -0.395 e. The molecule has 0 radical (unpaired) electrons. The third kappa shape index (κ3) is 4.91. The van der Waals surface area contributed by atoms with E-state index in [0.717, 1.165) is 0 Å². The van der Waals surface area contributed by atoms with E-state index >= 15 is 0 Å². The summed E-state index contributed by atoms with van der Waals surface area (Å²) in [6.45, 7) is 0. The Morgan fingerprint density at radius 3 is 1.88 bits per heavy atom. The van der Waals surface area contributed by atoms with E-state index in [1.54, 1.807) is 24.3 Å². The van der Waals surface area contributed by atoms with Gasteiger partial charge < -0.3 is 9.47 Å². The van der Waals surface area contributed by atoms with E-state index in [0.29, 0.717) is 5.56 Å². The molecule has 0 heterocycles. The molecule has 2 rings (SSSR count). The van der Waals surface area contributed by atoms with Gasteiger partial charge in [-0.1, -0.05) is 12.1 Å². The molecule has 0 fully saturated rings. The molecule has 0 bridgehead atoms. The summed E-state index contributed by atoms with van der Waals surface area (Å²) in [4.78, 5) is 21.7. The Morgan fingerprint density at radius 2 is 1.44 bits per heavy atom. The average molecular weight is 335 g/mol. The quantitative estimate of drug-likeness (QED) is 0.274. The molecular weight excluding hydrogens is 326 g/mol. The fraction of sp³-hybridized carbons (Fsp3) is 0. The van der Waals surface area contributed by atoms with Crippen molar-refractivity contribution in [1.29, 1.82) is 10.5 Å². The number of allylic oxidation sites excluding steroid dienone is 1. The molecule has 0 aromatic heterocycles. The summed E-state index contributed by atoms with van der Waals surface area (Å²) in [6, 6.07) is 14.5. The highest BCUT2D eigenvalue weighted by atomic mass is 16.7. The number of ether oxygens (including phenoxy) is 2. The fourth-order valence-corrected chi connectivity index (χ4v) is 1.74. The van der Waals surface area contributed by atoms with Crippen LogP contribution in [0, 0.1) is 32.8 Å². The van der Waals surface area contributed by atoms with Crippen LogP contribution >= 0.6 is 0 Å². The van der Waals surface area contributed by atoms with Gasteiger partial charge in [-0.25, -0.2) is 4.79 Å². The number of nitro benzene ring substituents is 1. The predicted octanol–water partition coefficient (Wildman–Crippen LogP) is 3.60. The van der Waals surface area contributed by atoms with Crippen LogP contribution in [0.25, 0.3) is 6.08 Å². The zero-order valence-electron chi connectivity index (χ0n) is 12.6. The second kappa shape index (κ2) is 7.90. The Labute approximate surface area is 141 Å². The first-order valence-electron chi connectivity index (χ1n) is 6.78. The molecule has 0 unspecified atom stereocenters. The first kappa shape index (κ1) is 17.2. The second-order valence-corrected chi connectivity index (χ2v) is 4.56. The van der Waals surface area contributed by atoms with Gasteiger partial charge in [0.15, 0.2) is 0 Å². The fourth-order valence-electron chi connectivity index (χ4n) is 1.74. The lowest BCUT2D eigenvalue weighted by molar-refractivity contribution is -0.384. The van der Waals surface area contributed by atoms with Crippen LogP contribution in [0.5, 0.6) is 11.5 Å². The van der Waals surface area contributed by atoms with Crippen LogP contribution in [0.1, 0.15) is 5.56 Å². The van der Waals surface area contributed by atoms with Gasteiger partial charge in [0, 0.05) is 12.1 Å². The summed E-state index contributed by atoms with van der Waals surface area (Å²) in [7, 11) is 0. The van der Waals surface area contributed by atoms with E-state index in [4.69, 9.17) is 20.0 Å². The third-order valence-electron chi connectivity index (χ3n) is 2.88. The van der Waals surface area contributed by atoms with Gasteiger partial charge in [-0.05, 0) is 35.9 Å². The lowest BCUT2D eigenvalue weighted by atomic mass is 10.1. The summed E-state index contributed by atoms with van der Waals surface area (Å²) in [5, 5.41) is 27.9. The van der Waals surface area contributed by atoms with Gasteiger partial charge >= 0.3 is 6.16 Å². The molecule has 0 N–H and O–H groups in total. The molecule has 122 valence electrons. The molecule has 0 spiro atoms. The molecular formula is C17H9N3O5. The van der Waals surface area contributed by atoms with Crippen molar-refractivity contribution in [3.05, 3.63) is 69.8 Å². The van der Waals surface area contributed by atoms with Gasteiger partial charge in [0.1, 0.15) is 29.2 Å². The number of carbonyl (C=O) groups excluding carboxylic acids is 1. The van der Waals surface area contributed by atoms with Crippen LogP contribution < -0.4 is 9.47 Å². The SMILES string of the molecule is N#CC(C#N)=Cc1ccc(OC(=O)Oc2ccc([N+](=O)[O-])cc2)cc1. The monoisotopic (exact) mass is 335 g/mol. The molecule has 0 aliphatic rings. The highest BCUT2D eigenvalue weighted by Crippen LogP contribution is 2.19. The minimum absolute atomic E-state index is 0.0498. The molecule has 2 aromatic carbocycles. The van der Waals surface area contributed by atoms with Gasteiger partial charge in [-0.15, -0.1) is 0 Å². The zero-order valence-corrected chi connectivity index (χ0v) is 12.6. The highest BCUT2D eigenvalue weighted by Gasteiger charge is 2.10. The number of rotatable bonds is 4. The molecule has 8 nitrogen and oxygen atoms in total. The molecule has 8 heteroatoms. The smallest absolute Gasteiger partial charge is 0.395 e. The van der Waals surface area contributed by atoms with Gasteiger partial charge in [-0.3, -0.25) is 10.1 Å². The number of nitrogens with zero attached hydrogens (tertiary/aromatic N) is 3. The van der Waals surface area contributed by atoms with Crippen molar-refractivity contribution in [3.63, 3.8) is 0 Å². The Bertz CT molecular complexity index is 887. The normalized spacial score (nSPS) is 9.20. The number of carbonyl (C=O) groups is 1. The van der Waals surface area contributed by atoms with E-state index in [-0.39, 0.29) is 22.8 Å². The molecule has 0 aliphatic heterocycles. The summed E-state index contributed by atoms with van der Waals surface area (Å²) in [5.41, 5.74) is 0.416. The lowest BCUT2D eigenvalue weighted by Gasteiger charge is -2.05. The number of nitriles is 2. The minimum atomic E-state index is -1.01. The van der Waals surface area contributed by atoms with Gasteiger partial charge in [0.05, 0.1) is 4.92 Å². The number of benzene rings is 2. The molecule has 0 amide bonds. The Kier molecular flexibility index (Phi) is 5.43. The summed E-state index contributed by atoms with van der Waals surface area (Å²) < 4.78 is 9.86. The van der Waals surface area contributed by atoms with Crippen LogP contribution in [-0.4, -0.2) is 11.1 Å². The molecule has 0 saturated carbocycles. The van der Waals surface area contributed by atoms with Crippen molar-refractivity contribution < 1.29 is 19.2 Å². The first-order chi connectivity index (χ1) is 12.0. The van der Waals surface area contributed by atoms with Crippen molar-refractivity contribution >= 4 is 17.9 Å². The molecule has 0 aliphatic carbocycles. The average Bonchev–Trinajstić information content (AvgIpc) is 2.61. The second-order valence-electron chi connectivity index (χ2n) is 4.56. The van der Waals surface area contributed by atoms with Gasteiger partial charge in [-0.2, -0.15) is 10.5 Å². The summed E-state index contributed by atoms with van der Waals surface area (Å²) in [6.07, 6.45) is 0.380. The van der Waals surface area contributed by atoms with Crippen LogP contribution in [0.3, 0.4) is 0 Å². The van der Waals surface area contributed by atoms with Crippen molar-refractivity contribution in [1.82, 2.24) is 0 Å². The van der Waals surface area contributed by atoms with E-state index < -0.39 is 11.1 Å². The Balaban J connectivity index is 1.99. The Morgan fingerprint density at radius 1 is 0.960 bits per heavy atom. The van der Waals surface area contributed by atoms with E-state index in [1.807, 2.05) is 0 Å². The zero-order chi connectivity index (χ0) is 18.2. The maximum atomic E-state index is 11.7. The number of hydrogen-bond acceptors (Lipinski definition) is 7.